The van der Waals surface area contributed by atoms with E-state index in [0.29, 0.717) is 6.42 Å². The molecule has 1 aliphatic rings. The van der Waals surface area contributed by atoms with Crippen LogP contribution in [0.1, 0.15) is 27.2 Å². The molecule has 1 saturated heterocycles. The second-order valence-corrected chi connectivity index (χ2v) is 6.86. The fraction of sp³-hybridized carbons (Fsp3) is 1.00. The van der Waals surface area contributed by atoms with Crippen LogP contribution in [-0.2, 0) is 9.84 Å². The lowest BCUT2D eigenvalue weighted by molar-refractivity contribution is 0.344. The highest BCUT2D eigenvalue weighted by Crippen LogP contribution is 2.31. The van der Waals surface area contributed by atoms with Crippen molar-refractivity contribution in [2.75, 3.05) is 5.75 Å². The maximum Gasteiger partial charge on any atom is 0.153 e. The minimum Gasteiger partial charge on any atom is -0.325 e. The van der Waals surface area contributed by atoms with Crippen LogP contribution < -0.4 is 5.73 Å². The molecule has 0 bridgehead atoms. The molecule has 12 heavy (non-hydrogen) atoms. The van der Waals surface area contributed by atoms with E-state index in [2.05, 4.69) is 0 Å². The van der Waals surface area contributed by atoms with Crippen LogP contribution in [0, 0.1) is 5.92 Å². The summed E-state index contributed by atoms with van der Waals surface area (Å²) in [5.41, 5.74) is 5.50. The van der Waals surface area contributed by atoms with Gasteiger partial charge >= 0.3 is 0 Å². The zero-order valence-electron chi connectivity index (χ0n) is 7.87. The first-order valence-corrected chi connectivity index (χ1v) is 5.95. The molecular formula is C8H17NO2S. The fourth-order valence-electron chi connectivity index (χ4n) is 1.58. The second-order valence-electron chi connectivity index (χ2n) is 4.39. The Labute approximate surface area is 74.3 Å². The summed E-state index contributed by atoms with van der Waals surface area (Å²) in [7, 11) is -2.84. The topological polar surface area (TPSA) is 60.2 Å². The van der Waals surface area contributed by atoms with Crippen LogP contribution in [-0.4, -0.2) is 25.0 Å². The number of rotatable bonds is 1. The Balaban J connectivity index is 2.81. The zero-order valence-corrected chi connectivity index (χ0v) is 8.69. The SMILES string of the molecule is CC1CC(C(C)(C)N)CS1(=O)=O. The lowest BCUT2D eigenvalue weighted by Gasteiger charge is -2.25. The lowest BCUT2D eigenvalue weighted by Crippen LogP contribution is -2.41. The summed E-state index contributed by atoms with van der Waals surface area (Å²) in [6, 6.07) is 0. The van der Waals surface area contributed by atoms with Crippen molar-refractivity contribution >= 4 is 9.84 Å². The number of hydrogen-bond donors (Lipinski definition) is 1. The van der Waals surface area contributed by atoms with Crippen molar-refractivity contribution in [1.29, 1.82) is 0 Å². The Morgan fingerprint density at radius 3 is 2.08 bits per heavy atom. The van der Waals surface area contributed by atoms with Crippen LogP contribution in [0.25, 0.3) is 0 Å². The van der Waals surface area contributed by atoms with Crippen LogP contribution in [0.5, 0.6) is 0 Å². The third kappa shape index (κ3) is 1.80. The Morgan fingerprint density at radius 2 is 1.92 bits per heavy atom. The van der Waals surface area contributed by atoms with E-state index >= 15 is 0 Å². The summed E-state index contributed by atoms with van der Waals surface area (Å²) >= 11 is 0. The van der Waals surface area contributed by atoms with E-state index in [9.17, 15) is 8.42 Å². The molecule has 0 saturated carbocycles. The van der Waals surface area contributed by atoms with Crippen LogP contribution in [0.2, 0.25) is 0 Å². The van der Waals surface area contributed by atoms with Gasteiger partial charge in [0.1, 0.15) is 0 Å². The molecule has 0 aliphatic carbocycles. The quantitative estimate of drug-likeness (QED) is 0.658. The predicted molar refractivity (Wildman–Crippen MR) is 49.6 cm³/mol. The van der Waals surface area contributed by atoms with Crippen molar-refractivity contribution in [1.82, 2.24) is 0 Å². The molecule has 0 radical (unpaired) electrons. The van der Waals surface area contributed by atoms with Gasteiger partial charge in [-0.15, -0.1) is 0 Å². The first-order chi connectivity index (χ1) is 5.23. The Morgan fingerprint density at radius 1 is 1.42 bits per heavy atom. The predicted octanol–water partition coefficient (Wildman–Crippen LogP) is 0.547. The number of sulfone groups is 1. The lowest BCUT2D eigenvalue weighted by atomic mass is 9.87. The maximum atomic E-state index is 11.4. The van der Waals surface area contributed by atoms with Gasteiger partial charge in [-0.3, -0.25) is 0 Å². The standard InChI is InChI=1S/C8H17NO2S/c1-6-4-7(8(2,3)9)5-12(6,10)11/h6-7H,4-5,9H2,1-3H3. The van der Waals surface area contributed by atoms with E-state index in [1.165, 1.54) is 0 Å². The molecule has 2 N–H and O–H groups in total. The number of nitrogens with two attached hydrogens (primary N) is 1. The minimum atomic E-state index is -2.84. The van der Waals surface area contributed by atoms with E-state index in [4.69, 9.17) is 5.73 Å². The van der Waals surface area contributed by atoms with Crippen molar-refractivity contribution in [3.8, 4) is 0 Å². The molecule has 0 aromatic carbocycles. The molecular weight excluding hydrogens is 174 g/mol. The molecule has 2 unspecified atom stereocenters. The molecule has 1 aliphatic heterocycles. The van der Waals surface area contributed by atoms with Gasteiger partial charge in [-0.05, 0) is 33.1 Å². The summed E-state index contributed by atoms with van der Waals surface area (Å²) in [5, 5.41) is -0.203. The van der Waals surface area contributed by atoms with Gasteiger partial charge in [0.15, 0.2) is 9.84 Å². The molecule has 0 aromatic rings. The highest BCUT2D eigenvalue weighted by molar-refractivity contribution is 7.92. The normalized spacial score (nSPS) is 35.3. The molecule has 1 fully saturated rings. The van der Waals surface area contributed by atoms with E-state index in [1.54, 1.807) is 6.92 Å². The Bertz CT molecular complexity index is 263. The Kier molecular flexibility index (Phi) is 2.25. The molecule has 1 rings (SSSR count). The first kappa shape index (κ1) is 9.99. The Hall–Kier alpha value is -0.0900. The molecule has 1 heterocycles. The highest BCUT2D eigenvalue weighted by Gasteiger charge is 2.40. The average Bonchev–Trinajstić information content (AvgIpc) is 2.06. The summed E-state index contributed by atoms with van der Waals surface area (Å²) in [6.45, 7) is 5.55. The van der Waals surface area contributed by atoms with Crippen molar-refractivity contribution in [2.24, 2.45) is 11.7 Å². The second kappa shape index (κ2) is 2.70. The van der Waals surface area contributed by atoms with E-state index in [1.807, 2.05) is 13.8 Å². The van der Waals surface area contributed by atoms with Crippen molar-refractivity contribution in [3.05, 3.63) is 0 Å². The molecule has 0 spiro atoms. The van der Waals surface area contributed by atoms with Gasteiger partial charge in [-0.25, -0.2) is 8.42 Å². The summed E-state index contributed by atoms with van der Waals surface area (Å²) in [5.74, 6) is 0.384. The molecule has 72 valence electrons. The third-order valence-electron chi connectivity index (χ3n) is 2.72. The first-order valence-electron chi connectivity index (χ1n) is 4.24. The van der Waals surface area contributed by atoms with Crippen molar-refractivity contribution < 1.29 is 8.42 Å². The zero-order chi connectivity index (χ0) is 9.57. The van der Waals surface area contributed by atoms with Crippen LogP contribution in [0.15, 0.2) is 0 Å². The summed E-state index contributed by atoms with van der Waals surface area (Å²) < 4.78 is 22.7. The molecule has 0 amide bonds. The summed E-state index contributed by atoms with van der Waals surface area (Å²) in [6.07, 6.45) is 0.714. The van der Waals surface area contributed by atoms with Crippen LogP contribution in [0.4, 0.5) is 0 Å². The molecule has 2 atom stereocenters. The highest BCUT2D eigenvalue weighted by atomic mass is 32.2. The minimum absolute atomic E-state index is 0.123. The van der Waals surface area contributed by atoms with E-state index in [-0.39, 0.29) is 22.5 Å². The van der Waals surface area contributed by atoms with E-state index in [0.717, 1.165) is 0 Å². The van der Waals surface area contributed by atoms with Gasteiger partial charge in [0.05, 0.1) is 11.0 Å². The monoisotopic (exact) mass is 191 g/mol. The van der Waals surface area contributed by atoms with Gasteiger partial charge < -0.3 is 5.73 Å². The van der Waals surface area contributed by atoms with Crippen LogP contribution in [0.3, 0.4) is 0 Å². The van der Waals surface area contributed by atoms with Crippen LogP contribution >= 0.6 is 0 Å². The molecule has 0 aromatic heterocycles. The molecule has 3 nitrogen and oxygen atoms in total. The largest absolute Gasteiger partial charge is 0.325 e. The maximum absolute atomic E-state index is 11.4. The average molecular weight is 191 g/mol. The van der Waals surface area contributed by atoms with Gasteiger partial charge in [0.2, 0.25) is 0 Å². The smallest absolute Gasteiger partial charge is 0.153 e. The van der Waals surface area contributed by atoms with Gasteiger partial charge in [-0.1, -0.05) is 0 Å². The van der Waals surface area contributed by atoms with E-state index < -0.39 is 9.84 Å². The van der Waals surface area contributed by atoms with Gasteiger partial charge in [0, 0.05) is 5.54 Å². The third-order valence-corrected chi connectivity index (χ3v) is 5.00. The van der Waals surface area contributed by atoms with Gasteiger partial charge in [0.25, 0.3) is 0 Å². The fourth-order valence-corrected chi connectivity index (χ4v) is 3.56. The van der Waals surface area contributed by atoms with Gasteiger partial charge in [-0.2, -0.15) is 0 Å². The summed E-state index contributed by atoms with van der Waals surface area (Å²) in [4.78, 5) is 0. The van der Waals surface area contributed by atoms with Crippen molar-refractivity contribution in [2.45, 2.75) is 38.0 Å². The number of hydrogen-bond acceptors (Lipinski definition) is 3. The molecule has 4 heteroatoms. The van der Waals surface area contributed by atoms with Crippen molar-refractivity contribution in [3.63, 3.8) is 0 Å².